The number of anilines is 2. The van der Waals surface area contributed by atoms with Gasteiger partial charge in [0.25, 0.3) is 5.95 Å². The minimum atomic E-state index is -1.12. The Bertz CT molecular complexity index is 1350. The highest BCUT2D eigenvalue weighted by Crippen LogP contribution is 2.40. The van der Waals surface area contributed by atoms with E-state index >= 15 is 0 Å². The molecular weight excluding hydrogens is 430 g/mol. The number of nitrogens with zero attached hydrogens (tertiary/aromatic N) is 6. The van der Waals surface area contributed by atoms with Gasteiger partial charge in [-0.1, -0.05) is 32.9 Å². The van der Waals surface area contributed by atoms with Crippen molar-refractivity contribution in [3.8, 4) is 5.95 Å². The van der Waals surface area contributed by atoms with Crippen LogP contribution in [0.1, 0.15) is 40.3 Å². The van der Waals surface area contributed by atoms with Gasteiger partial charge in [0.15, 0.2) is 5.82 Å². The number of aliphatic hydroxyl groups is 1. The summed E-state index contributed by atoms with van der Waals surface area (Å²) in [6.07, 6.45) is 0. The van der Waals surface area contributed by atoms with Gasteiger partial charge in [-0.3, -0.25) is 0 Å². The average molecular weight is 464 g/mol. The molecule has 1 fully saturated rings. The molecule has 9 heteroatoms. The Morgan fingerprint density at radius 1 is 1.06 bits per heavy atom. The monoisotopic (exact) mass is 463 g/mol. The summed E-state index contributed by atoms with van der Waals surface area (Å²) in [7, 11) is 1.84. The van der Waals surface area contributed by atoms with E-state index in [-0.39, 0.29) is 6.04 Å². The van der Waals surface area contributed by atoms with E-state index < -0.39 is 11.0 Å². The molecule has 3 aromatic heterocycles. The second-order valence-electron chi connectivity index (χ2n) is 10.2. The minimum absolute atomic E-state index is 0.157. The quantitative estimate of drug-likeness (QED) is 0.478. The van der Waals surface area contributed by atoms with Crippen LogP contribution < -0.4 is 10.2 Å². The SMILES string of the molecule is CNc1nc2ccccc2n1-c1nc(N2CCOCC2C)c2ccc(C(C)(O)C(C)(C)C)n2n1. The average Bonchev–Trinajstić information content (AvgIpc) is 3.39. The number of morpholine rings is 1. The molecule has 0 bridgehead atoms. The number of rotatable bonds is 4. The van der Waals surface area contributed by atoms with E-state index in [1.54, 1.807) is 0 Å². The zero-order chi connectivity index (χ0) is 24.3. The van der Waals surface area contributed by atoms with E-state index in [9.17, 15) is 5.11 Å². The van der Waals surface area contributed by atoms with Gasteiger partial charge in [-0.25, -0.2) is 14.1 Å². The van der Waals surface area contributed by atoms with Crippen LogP contribution in [0.5, 0.6) is 0 Å². The molecule has 1 aliphatic rings. The summed E-state index contributed by atoms with van der Waals surface area (Å²) >= 11 is 0. The molecule has 0 spiro atoms. The molecule has 0 radical (unpaired) electrons. The molecule has 1 aliphatic heterocycles. The Labute approximate surface area is 199 Å². The predicted octanol–water partition coefficient (Wildman–Crippen LogP) is 3.59. The fourth-order valence-electron chi connectivity index (χ4n) is 4.47. The maximum atomic E-state index is 11.6. The predicted molar refractivity (Wildman–Crippen MR) is 134 cm³/mol. The summed E-state index contributed by atoms with van der Waals surface area (Å²) in [5, 5.41) is 19.8. The lowest BCUT2D eigenvalue weighted by molar-refractivity contribution is -0.0519. The first kappa shape index (κ1) is 22.6. The molecule has 5 rings (SSSR count). The van der Waals surface area contributed by atoms with E-state index in [0.717, 1.165) is 34.6 Å². The molecular formula is C25H33N7O2. The van der Waals surface area contributed by atoms with Crippen LogP contribution in [-0.4, -0.2) is 62.1 Å². The van der Waals surface area contributed by atoms with Gasteiger partial charge < -0.3 is 20.1 Å². The Balaban J connectivity index is 1.83. The normalized spacial score (nSPS) is 19.0. The molecule has 2 atom stereocenters. The van der Waals surface area contributed by atoms with Crippen molar-refractivity contribution in [1.29, 1.82) is 0 Å². The molecule has 2 N–H and O–H groups in total. The van der Waals surface area contributed by atoms with Crippen LogP contribution >= 0.6 is 0 Å². The van der Waals surface area contributed by atoms with Crippen LogP contribution in [0.15, 0.2) is 36.4 Å². The molecule has 0 aliphatic carbocycles. The van der Waals surface area contributed by atoms with Crippen LogP contribution in [0.2, 0.25) is 0 Å². The summed E-state index contributed by atoms with van der Waals surface area (Å²) in [6.45, 7) is 12.1. The number of ether oxygens (including phenoxy) is 1. The maximum Gasteiger partial charge on any atom is 0.257 e. The first-order valence-electron chi connectivity index (χ1n) is 11.8. The highest BCUT2D eigenvalue weighted by Gasteiger charge is 2.40. The third-order valence-corrected chi connectivity index (χ3v) is 7.06. The van der Waals surface area contributed by atoms with Crippen molar-refractivity contribution in [2.45, 2.75) is 46.3 Å². The van der Waals surface area contributed by atoms with Crippen LogP contribution in [0.25, 0.3) is 22.5 Å². The zero-order valence-corrected chi connectivity index (χ0v) is 20.7. The van der Waals surface area contributed by atoms with Gasteiger partial charge in [0, 0.05) is 13.6 Å². The summed E-state index contributed by atoms with van der Waals surface area (Å²) in [6, 6.07) is 12.0. The number of para-hydroxylation sites is 2. The Morgan fingerprint density at radius 3 is 2.53 bits per heavy atom. The number of nitrogens with one attached hydrogen (secondary N) is 1. The molecule has 1 aromatic carbocycles. The fraction of sp³-hybridized carbons (Fsp3) is 0.480. The zero-order valence-electron chi connectivity index (χ0n) is 20.7. The summed E-state index contributed by atoms with van der Waals surface area (Å²) < 4.78 is 9.47. The highest BCUT2D eigenvalue weighted by molar-refractivity contribution is 5.81. The molecule has 0 amide bonds. The molecule has 4 heterocycles. The Morgan fingerprint density at radius 2 is 1.82 bits per heavy atom. The van der Waals surface area contributed by atoms with Crippen molar-refractivity contribution in [3.05, 3.63) is 42.1 Å². The van der Waals surface area contributed by atoms with Crippen molar-refractivity contribution in [3.63, 3.8) is 0 Å². The number of hydrogen-bond acceptors (Lipinski definition) is 7. The number of aromatic nitrogens is 5. The molecule has 1 saturated heterocycles. The fourth-order valence-corrected chi connectivity index (χ4v) is 4.47. The van der Waals surface area contributed by atoms with Crippen LogP contribution in [0.3, 0.4) is 0 Å². The Kier molecular flexibility index (Phi) is 5.29. The van der Waals surface area contributed by atoms with Gasteiger partial charge in [-0.2, -0.15) is 4.98 Å². The van der Waals surface area contributed by atoms with Crippen molar-refractivity contribution in [2.75, 3.05) is 37.0 Å². The van der Waals surface area contributed by atoms with Crippen molar-refractivity contribution < 1.29 is 9.84 Å². The van der Waals surface area contributed by atoms with Gasteiger partial charge >= 0.3 is 0 Å². The molecule has 9 nitrogen and oxygen atoms in total. The van der Waals surface area contributed by atoms with E-state index in [4.69, 9.17) is 19.8 Å². The van der Waals surface area contributed by atoms with Crippen LogP contribution in [0, 0.1) is 5.41 Å². The first-order valence-corrected chi connectivity index (χ1v) is 11.8. The van der Waals surface area contributed by atoms with Gasteiger partial charge in [-0.15, -0.1) is 5.10 Å². The second-order valence-corrected chi connectivity index (χ2v) is 10.2. The molecule has 2 unspecified atom stereocenters. The van der Waals surface area contributed by atoms with Crippen molar-refractivity contribution in [1.82, 2.24) is 24.1 Å². The van der Waals surface area contributed by atoms with Gasteiger partial charge in [0.05, 0.1) is 36.0 Å². The van der Waals surface area contributed by atoms with Crippen LogP contribution in [0.4, 0.5) is 11.8 Å². The lowest BCUT2D eigenvalue weighted by Crippen LogP contribution is -2.44. The lowest BCUT2D eigenvalue weighted by atomic mass is 9.76. The van der Waals surface area contributed by atoms with Gasteiger partial charge in [-0.05, 0) is 43.5 Å². The molecule has 0 saturated carbocycles. The van der Waals surface area contributed by atoms with E-state index in [0.29, 0.717) is 25.1 Å². The number of imidazole rings is 1. The standard InChI is InChI=1S/C25H33N7O2/c1-16-15-34-14-13-30(16)21-19-11-12-20(25(5,33)24(2,3)4)32(19)29-23(28-21)31-18-10-8-7-9-17(18)27-22(31)26-6/h7-12,16,33H,13-15H2,1-6H3,(H,26,27). The Hall–Kier alpha value is -3.17. The summed E-state index contributed by atoms with van der Waals surface area (Å²) in [4.78, 5) is 12.1. The third-order valence-electron chi connectivity index (χ3n) is 7.06. The first-order chi connectivity index (χ1) is 16.1. The van der Waals surface area contributed by atoms with Gasteiger partial charge in [0.1, 0.15) is 11.1 Å². The lowest BCUT2D eigenvalue weighted by Gasteiger charge is -2.37. The molecule has 180 valence electrons. The topological polar surface area (TPSA) is 92.7 Å². The largest absolute Gasteiger partial charge is 0.383 e. The van der Waals surface area contributed by atoms with Crippen molar-refractivity contribution in [2.24, 2.45) is 5.41 Å². The maximum absolute atomic E-state index is 11.6. The minimum Gasteiger partial charge on any atom is -0.383 e. The van der Waals surface area contributed by atoms with Crippen molar-refractivity contribution >= 4 is 28.3 Å². The van der Waals surface area contributed by atoms with E-state index in [1.807, 2.05) is 80.2 Å². The molecule has 34 heavy (non-hydrogen) atoms. The summed E-state index contributed by atoms with van der Waals surface area (Å²) in [5.41, 5.74) is 1.80. The summed E-state index contributed by atoms with van der Waals surface area (Å²) in [5.74, 6) is 1.95. The molecule has 4 aromatic rings. The third kappa shape index (κ3) is 3.42. The smallest absolute Gasteiger partial charge is 0.257 e. The highest BCUT2D eigenvalue weighted by atomic mass is 16.5. The number of benzene rings is 1. The van der Waals surface area contributed by atoms with E-state index in [2.05, 4.69) is 17.1 Å². The van der Waals surface area contributed by atoms with Gasteiger partial charge in [0.2, 0.25) is 5.95 Å². The van der Waals surface area contributed by atoms with Crippen LogP contribution in [-0.2, 0) is 10.3 Å². The number of fused-ring (bicyclic) bond motifs is 2. The number of hydrogen-bond donors (Lipinski definition) is 2. The second kappa shape index (κ2) is 7.95. The van der Waals surface area contributed by atoms with E-state index in [1.165, 1.54) is 0 Å².